The van der Waals surface area contributed by atoms with Gasteiger partial charge < -0.3 is 5.32 Å². The molecular formula is C12H12ClN3S2. The molecule has 1 saturated carbocycles. The molecule has 0 atom stereocenters. The van der Waals surface area contributed by atoms with Gasteiger partial charge in [-0.05, 0) is 36.6 Å². The average molecular weight is 298 g/mol. The molecule has 0 radical (unpaired) electrons. The summed E-state index contributed by atoms with van der Waals surface area (Å²) in [5.74, 6) is 0. The lowest BCUT2D eigenvalue weighted by atomic mass is 10.2. The first-order valence-electron chi connectivity index (χ1n) is 5.77. The Balaban J connectivity index is 1.77. The van der Waals surface area contributed by atoms with E-state index < -0.39 is 0 Å². The summed E-state index contributed by atoms with van der Waals surface area (Å²) in [6.07, 6.45) is 2.58. The van der Waals surface area contributed by atoms with E-state index in [1.807, 2.05) is 12.1 Å². The van der Waals surface area contributed by atoms with E-state index in [0.29, 0.717) is 6.04 Å². The average Bonchev–Trinajstić information content (AvgIpc) is 3.06. The summed E-state index contributed by atoms with van der Waals surface area (Å²) in [6, 6.07) is 6.70. The molecule has 1 N–H and O–H groups in total. The molecule has 0 saturated heterocycles. The van der Waals surface area contributed by atoms with Crippen LogP contribution in [0.15, 0.2) is 32.9 Å². The SMILES string of the molecule is Clc1ccc(Sc2nncs2)c(CNC2CC2)c1. The van der Waals surface area contributed by atoms with E-state index in [9.17, 15) is 0 Å². The maximum Gasteiger partial charge on any atom is 0.178 e. The van der Waals surface area contributed by atoms with Crippen LogP contribution in [0.4, 0.5) is 0 Å². The lowest BCUT2D eigenvalue weighted by molar-refractivity contribution is 0.680. The van der Waals surface area contributed by atoms with Gasteiger partial charge in [0.1, 0.15) is 5.51 Å². The van der Waals surface area contributed by atoms with Crippen LogP contribution in [0.3, 0.4) is 0 Å². The van der Waals surface area contributed by atoms with E-state index in [-0.39, 0.29) is 0 Å². The zero-order valence-electron chi connectivity index (χ0n) is 9.60. The molecule has 1 aromatic carbocycles. The second-order valence-corrected chi connectivity index (χ2v) is 6.77. The molecule has 0 bridgehead atoms. The fourth-order valence-corrected chi connectivity index (χ4v) is 3.37. The van der Waals surface area contributed by atoms with Crippen LogP contribution in [0, 0.1) is 0 Å². The number of benzene rings is 1. The van der Waals surface area contributed by atoms with Crippen molar-refractivity contribution in [3.05, 3.63) is 34.3 Å². The molecule has 18 heavy (non-hydrogen) atoms. The van der Waals surface area contributed by atoms with Crippen LogP contribution in [0.2, 0.25) is 5.02 Å². The minimum Gasteiger partial charge on any atom is -0.310 e. The van der Waals surface area contributed by atoms with Gasteiger partial charge in [-0.3, -0.25) is 0 Å². The third kappa shape index (κ3) is 3.23. The minimum absolute atomic E-state index is 0.698. The summed E-state index contributed by atoms with van der Waals surface area (Å²) >= 11 is 9.27. The van der Waals surface area contributed by atoms with Gasteiger partial charge in [0.05, 0.1) is 0 Å². The predicted molar refractivity (Wildman–Crippen MR) is 75.3 cm³/mol. The number of nitrogens with zero attached hydrogens (tertiary/aromatic N) is 2. The minimum atomic E-state index is 0.698. The Morgan fingerprint density at radius 3 is 3.06 bits per heavy atom. The molecule has 0 amide bonds. The van der Waals surface area contributed by atoms with Crippen molar-refractivity contribution in [2.24, 2.45) is 0 Å². The van der Waals surface area contributed by atoms with Crippen LogP contribution in [0.25, 0.3) is 0 Å². The quantitative estimate of drug-likeness (QED) is 0.915. The highest BCUT2D eigenvalue weighted by molar-refractivity contribution is 8.01. The second-order valence-electron chi connectivity index (χ2n) is 4.21. The highest BCUT2D eigenvalue weighted by atomic mass is 35.5. The van der Waals surface area contributed by atoms with E-state index in [1.54, 1.807) is 28.6 Å². The fourth-order valence-electron chi connectivity index (χ4n) is 1.63. The van der Waals surface area contributed by atoms with Gasteiger partial charge in [0.2, 0.25) is 0 Å². The van der Waals surface area contributed by atoms with Gasteiger partial charge in [-0.25, -0.2) is 0 Å². The third-order valence-corrected chi connectivity index (χ3v) is 4.85. The van der Waals surface area contributed by atoms with Crippen molar-refractivity contribution < 1.29 is 0 Å². The molecule has 1 aromatic heterocycles. The van der Waals surface area contributed by atoms with Crippen LogP contribution >= 0.6 is 34.7 Å². The molecule has 1 aliphatic carbocycles. The Bertz CT molecular complexity index is 526. The molecule has 1 aliphatic rings. The summed E-state index contributed by atoms with van der Waals surface area (Å²) < 4.78 is 0.963. The van der Waals surface area contributed by atoms with Crippen molar-refractivity contribution in [2.75, 3.05) is 0 Å². The molecule has 3 rings (SSSR count). The summed E-state index contributed by atoms with van der Waals surface area (Å²) in [5, 5.41) is 12.2. The lowest BCUT2D eigenvalue weighted by Crippen LogP contribution is -2.15. The number of hydrogen-bond donors (Lipinski definition) is 1. The molecule has 0 unspecified atom stereocenters. The molecule has 1 fully saturated rings. The zero-order chi connectivity index (χ0) is 12.4. The van der Waals surface area contributed by atoms with Gasteiger partial charge in [-0.1, -0.05) is 34.7 Å². The van der Waals surface area contributed by atoms with E-state index in [4.69, 9.17) is 11.6 Å². The number of aromatic nitrogens is 2. The first-order valence-corrected chi connectivity index (χ1v) is 7.84. The third-order valence-electron chi connectivity index (χ3n) is 2.72. The Kier molecular flexibility index (Phi) is 3.84. The van der Waals surface area contributed by atoms with Crippen molar-refractivity contribution >= 4 is 34.7 Å². The first kappa shape index (κ1) is 12.4. The summed E-state index contributed by atoms with van der Waals surface area (Å²) in [5.41, 5.74) is 2.98. The monoisotopic (exact) mass is 297 g/mol. The van der Waals surface area contributed by atoms with Gasteiger partial charge >= 0.3 is 0 Å². The Labute approximate surface area is 119 Å². The van der Waals surface area contributed by atoms with Crippen molar-refractivity contribution in [3.8, 4) is 0 Å². The van der Waals surface area contributed by atoms with Gasteiger partial charge in [0.25, 0.3) is 0 Å². The molecule has 1 heterocycles. The number of halogens is 1. The number of hydrogen-bond acceptors (Lipinski definition) is 5. The first-order chi connectivity index (χ1) is 8.81. The Morgan fingerprint density at radius 2 is 2.33 bits per heavy atom. The van der Waals surface area contributed by atoms with Crippen LogP contribution < -0.4 is 5.32 Å². The van der Waals surface area contributed by atoms with E-state index in [2.05, 4.69) is 21.6 Å². The van der Waals surface area contributed by atoms with E-state index >= 15 is 0 Å². The maximum absolute atomic E-state index is 6.07. The second kappa shape index (κ2) is 5.57. The molecule has 6 heteroatoms. The molecule has 0 spiro atoms. The van der Waals surface area contributed by atoms with Crippen LogP contribution in [-0.4, -0.2) is 16.2 Å². The fraction of sp³-hybridized carbons (Fsp3) is 0.333. The topological polar surface area (TPSA) is 37.8 Å². The van der Waals surface area contributed by atoms with Crippen molar-refractivity contribution in [1.29, 1.82) is 0 Å². The van der Waals surface area contributed by atoms with E-state index in [0.717, 1.165) is 15.9 Å². The molecular weight excluding hydrogens is 286 g/mol. The normalized spacial score (nSPS) is 14.9. The predicted octanol–water partition coefficient (Wildman–Crippen LogP) is 3.59. The van der Waals surface area contributed by atoms with Crippen molar-refractivity contribution in [3.63, 3.8) is 0 Å². The van der Waals surface area contributed by atoms with Gasteiger partial charge in [-0.2, -0.15) is 0 Å². The molecule has 0 aliphatic heterocycles. The zero-order valence-corrected chi connectivity index (χ0v) is 12.0. The molecule has 3 nitrogen and oxygen atoms in total. The van der Waals surface area contributed by atoms with Gasteiger partial charge in [0.15, 0.2) is 4.34 Å². The summed E-state index contributed by atoms with van der Waals surface area (Å²) in [6.45, 7) is 0.867. The Hall–Kier alpha value is -0.620. The van der Waals surface area contributed by atoms with Crippen LogP contribution in [-0.2, 0) is 6.54 Å². The van der Waals surface area contributed by atoms with Crippen molar-refractivity contribution in [2.45, 2.75) is 34.7 Å². The Morgan fingerprint density at radius 1 is 1.44 bits per heavy atom. The van der Waals surface area contributed by atoms with Gasteiger partial charge in [-0.15, -0.1) is 10.2 Å². The summed E-state index contributed by atoms with van der Waals surface area (Å²) in [7, 11) is 0. The highest BCUT2D eigenvalue weighted by Crippen LogP contribution is 2.33. The maximum atomic E-state index is 6.07. The van der Waals surface area contributed by atoms with Gasteiger partial charge in [0, 0.05) is 22.5 Å². The van der Waals surface area contributed by atoms with E-state index in [1.165, 1.54) is 23.3 Å². The largest absolute Gasteiger partial charge is 0.310 e. The van der Waals surface area contributed by atoms with Crippen LogP contribution in [0.1, 0.15) is 18.4 Å². The summed E-state index contributed by atoms with van der Waals surface area (Å²) in [4.78, 5) is 1.20. The number of rotatable bonds is 5. The molecule has 2 aromatic rings. The highest BCUT2D eigenvalue weighted by Gasteiger charge is 2.20. The standard InChI is InChI=1S/C12H12ClN3S2/c13-9-1-4-11(18-12-16-15-7-17-12)8(5-9)6-14-10-2-3-10/h1,4-5,7,10,14H,2-3,6H2. The van der Waals surface area contributed by atoms with Crippen LogP contribution in [0.5, 0.6) is 0 Å². The lowest BCUT2D eigenvalue weighted by Gasteiger charge is -2.09. The van der Waals surface area contributed by atoms with Crippen molar-refractivity contribution in [1.82, 2.24) is 15.5 Å². The number of nitrogens with one attached hydrogen (secondary N) is 1. The molecule has 94 valence electrons. The smallest absolute Gasteiger partial charge is 0.178 e.